The zero-order valence-electron chi connectivity index (χ0n) is 22.3. The molecular formula is C30H27N5O4S. The van der Waals surface area contributed by atoms with E-state index in [2.05, 4.69) is 4.99 Å². The van der Waals surface area contributed by atoms with Gasteiger partial charge in [0.25, 0.3) is 0 Å². The Kier molecular flexibility index (Phi) is 7.07. The second-order valence-electron chi connectivity index (χ2n) is 8.82. The average Bonchev–Trinajstić information content (AvgIpc) is 3.64. The van der Waals surface area contributed by atoms with Crippen LogP contribution in [0.2, 0.25) is 0 Å². The molecule has 0 aliphatic carbocycles. The van der Waals surface area contributed by atoms with Crippen LogP contribution in [0.25, 0.3) is 28.2 Å². The first-order valence-electron chi connectivity index (χ1n) is 12.6. The van der Waals surface area contributed by atoms with Gasteiger partial charge in [0.2, 0.25) is 4.80 Å². The van der Waals surface area contributed by atoms with Crippen molar-refractivity contribution in [2.75, 3.05) is 34.5 Å². The van der Waals surface area contributed by atoms with E-state index in [1.54, 1.807) is 27.5 Å². The minimum Gasteiger partial charge on any atom is -0.497 e. The van der Waals surface area contributed by atoms with E-state index in [9.17, 15) is 0 Å². The summed E-state index contributed by atoms with van der Waals surface area (Å²) >= 11 is 1.50. The van der Waals surface area contributed by atoms with Crippen LogP contribution in [0.5, 0.6) is 23.0 Å². The first kappa shape index (κ1) is 25.4. The molecule has 1 aliphatic heterocycles. The van der Waals surface area contributed by atoms with Gasteiger partial charge in [0.1, 0.15) is 30.4 Å². The van der Waals surface area contributed by atoms with E-state index < -0.39 is 0 Å². The molecule has 10 heteroatoms. The van der Waals surface area contributed by atoms with Gasteiger partial charge in [-0.3, -0.25) is 4.99 Å². The maximum Gasteiger partial charge on any atom is 0.205 e. The maximum absolute atomic E-state index is 5.84. The van der Waals surface area contributed by atoms with Crippen LogP contribution in [0.4, 0.5) is 0 Å². The number of ether oxygens (including phenoxy) is 4. The molecule has 2 aromatic heterocycles. The third-order valence-electron chi connectivity index (χ3n) is 6.45. The molecule has 0 amide bonds. The van der Waals surface area contributed by atoms with Gasteiger partial charge in [0.15, 0.2) is 11.5 Å². The van der Waals surface area contributed by atoms with Crippen molar-refractivity contribution in [1.82, 2.24) is 14.5 Å². The Morgan fingerprint density at radius 2 is 1.77 bits per heavy atom. The fourth-order valence-electron chi connectivity index (χ4n) is 4.49. The zero-order chi connectivity index (χ0) is 27.5. The number of benzene rings is 3. The molecule has 0 N–H and O–H groups in total. The number of nitrogens with zero attached hydrogens (tertiary/aromatic N) is 5. The van der Waals surface area contributed by atoms with Crippen molar-refractivity contribution in [3.05, 3.63) is 88.7 Å². The van der Waals surface area contributed by atoms with Crippen LogP contribution in [0.15, 0.2) is 88.4 Å². The van der Waals surface area contributed by atoms with Crippen LogP contribution < -0.4 is 23.7 Å². The molecule has 1 aliphatic rings. The van der Waals surface area contributed by atoms with Gasteiger partial charge in [-0.2, -0.15) is 10.2 Å². The Bertz CT molecular complexity index is 1750. The van der Waals surface area contributed by atoms with E-state index in [0.29, 0.717) is 30.5 Å². The van der Waals surface area contributed by atoms with E-state index in [1.807, 2.05) is 87.7 Å². The molecule has 5 aromatic rings. The van der Waals surface area contributed by atoms with Crippen molar-refractivity contribution in [2.45, 2.75) is 0 Å². The number of rotatable bonds is 7. The minimum atomic E-state index is 0.513. The van der Waals surface area contributed by atoms with Gasteiger partial charge in [-0.1, -0.05) is 18.2 Å². The lowest BCUT2D eigenvalue weighted by molar-refractivity contribution is 0.171. The quantitative estimate of drug-likeness (QED) is 0.257. The zero-order valence-corrected chi connectivity index (χ0v) is 23.1. The van der Waals surface area contributed by atoms with E-state index in [-0.39, 0.29) is 0 Å². The lowest BCUT2D eigenvalue weighted by Gasteiger charge is -2.18. The number of para-hydroxylation sites is 1. The molecule has 6 rings (SSSR count). The van der Waals surface area contributed by atoms with Crippen molar-refractivity contribution in [3.63, 3.8) is 0 Å². The summed E-state index contributed by atoms with van der Waals surface area (Å²) in [6.45, 7) is 1.05. The molecule has 9 nitrogen and oxygen atoms in total. The first-order valence-corrected chi connectivity index (χ1v) is 13.5. The van der Waals surface area contributed by atoms with Gasteiger partial charge in [-0.15, -0.1) is 11.3 Å². The molecule has 3 aromatic carbocycles. The Labute approximate surface area is 235 Å². The molecular weight excluding hydrogens is 526 g/mol. The van der Waals surface area contributed by atoms with Crippen molar-refractivity contribution < 1.29 is 18.9 Å². The highest BCUT2D eigenvalue weighted by Crippen LogP contribution is 2.36. The lowest BCUT2D eigenvalue weighted by atomic mass is 10.1. The van der Waals surface area contributed by atoms with Gasteiger partial charge < -0.3 is 18.9 Å². The van der Waals surface area contributed by atoms with Gasteiger partial charge in [0.05, 0.1) is 31.8 Å². The summed E-state index contributed by atoms with van der Waals surface area (Å²) in [5.74, 6) is 2.82. The minimum absolute atomic E-state index is 0.513. The van der Waals surface area contributed by atoms with Crippen molar-refractivity contribution in [1.29, 1.82) is 0 Å². The highest BCUT2D eigenvalue weighted by Gasteiger charge is 2.18. The van der Waals surface area contributed by atoms with Crippen LogP contribution in [0.3, 0.4) is 0 Å². The number of methoxy groups -OCH3 is 2. The van der Waals surface area contributed by atoms with Crippen LogP contribution in [0.1, 0.15) is 5.56 Å². The van der Waals surface area contributed by atoms with Gasteiger partial charge in [0, 0.05) is 41.4 Å². The van der Waals surface area contributed by atoms with E-state index in [0.717, 1.165) is 44.3 Å². The number of fused-ring (bicyclic) bond motifs is 1. The summed E-state index contributed by atoms with van der Waals surface area (Å²) in [4.78, 5) is 5.19. The number of hydrogen-bond acceptors (Lipinski definition) is 8. The maximum atomic E-state index is 5.84. The molecule has 0 fully saturated rings. The normalized spacial score (nSPS) is 13.1. The molecule has 0 atom stereocenters. The second kappa shape index (κ2) is 11.1. The molecule has 40 heavy (non-hydrogen) atoms. The standard InChI is InChI=1S/C30H27N5O4S/c1-31-30-35(25(19-40-30)24-11-10-23(36-2)16-27(24)37-3)32-17-21-18-34(22-7-5-4-6-8-22)33-29(21)20-9-12-26-28(15-20)39-14-13-38-26/h4-12,15-19H,13-14H2,1-3H3. The highest BCUT2D eigenvalue weighted by molar-refractivity contribution is 7.07. The van der Waals surface area contributed by atoms with Gasteiger partial charge in [-0.05, 0) is 42.5 Å². The Morgan fingerprint density at radius 3 is 2.55 bits per heavy atom. The fourth-order valence-corrected chi connectivity index (χ4v) is 5.28. The molecule has 3 heterocycles. The van der Waals surface area contributed by atoms with Gasteiger partial charge in [-0.25, -0.2) is 9.36 Å². The third kappa shape index (κ3) is 4.85. The summed E-state index contributed by atoms with van der Waals surface area (Å²) in [6.07, 6.45) is 3.77. The van der Waals surface area contributed by atoms with Crippen molar-refractivity contribution in [3.8, 4) is 51.2 Å². The highest BCUT2D eigenvalue weighted by atomic mass is 32.1. The van der Waals surface area contributed by atoms with Gasteiger partial charge >= 0.3 is 0 Å². The van der Waals surface area contributed by atoms with E-state index in [1.165, 1.54) is 11.3 Å². The molecule has 0 spiro atoms. The first-order chi connectivity index (χ1) is 19.7. The largest absolute Gasteiger partial charge is 0.497 e. The van der Waals surface area contributed by atoms with Crippen molar-refractivity contribution >= 4 is 17.6 Å². The van der Waals surface area contributed by atoms with E-state index in [4.69, 9.17) is 29.1 Å². The van der Waals surface area contributed by atoms with Crippen molar-refractivity contribution in [2.24, 2.45) is 10.1 Å². The molecule has 0 unspecified atom stereocenters. The van der Waals surface area contributed by atoms with Crippen LogP contribution >= 0.6 is 11.3 Å². The molecule has 0 saturated heterocycles. The SMILES string of the molecule is CN=c1scc(-c2ccc(OC)cc2OC)n1N=Cc1cn(-c2ccccc2)nc1-c1ccc2c(c1)OCCO2. The number of aromatic nitrogens is 3. The Morgan fingerprint density at radius 1 is 0.950 bits per heavy atom. The van der Waals surface area contributed by atoms with E-state index >= 15 is 0 Å². The lowest BCUT2D eigenvalue weighted by Crippen LogP contribution is -2.15. The topological polar surface area (TPSA) is 84.4 Å². The predicted molar refractivity (Wildman–Crippen MR) is 155 cm³/mol. The van der Waals surface area contributed by atoms with Crippen LogP contribution in [-0.4, -0.2) is 55.2 Å². The summed E-state index contributed by atoms with van der Waals surface area (Å²) < 4.78 is 26.3. The fraction of sp³-hybridized carbons (Fsp3) is 0.167. The number of thiazole rings is 1. The molecule has 0 saturated carbocycles. The Balaban J connectivity index is 1.46. The summed E-state index contributed by atoms with van der Waals surface area (Å²) in [6, 6.07) is 21.6. The Hall–Kier alpha value is -4.83. The van der Waals surface area contributed by atoms with Crippen LogP contribution in [-0.2, 0) is 0 Å². The predicted octanol–water partition coefficient (Wildman–Crippen LogP) is 5.27. The second-order valence-corrected chi connectivity index (χ2v) is 9.66. The third-order valence-corrected chi connectivity index (χ3v) is 7.36. The monoisotopic (exact) mass is 553 g/mol. The summed E-state index contributed by atoms with van der Waals surface area (Å²) in [5, 5.41) is 11.8. The summed E-state index contributed by atoms with van der Waals surface area (Å²) in [7, 11) is 5.02. The molecule has 0 bridgehead atoms. The molecule has 0 radical (unpaired) electrons. The molecule has 202 valence electrons. The smallest absolute Gasteiger partial charge is 0.205 e. The summed E-state index contributed by atoms with van der Waals surface area (Å²) in [5.41, 5.74) is 5.15. The van der Waals surface area contributed by atoms with Crippen LogP contribution in [0, 0.1) is 0 Å². The number of hydrogen-bond donors (Lipinski definition) is 0. The average molecular weight is 554 g/mol.